The van der Waals surface area contributed by atoms with Gasteiger partial charge in [0.1, 0.15) is 5.92 Å². The van der Waals surface area contributed by atoms with Gasteiger partial charge in [-0.1, -0.05) is 18.2 Å². The molecule has 66 valence electrons. The van der Waals surface area contributed by atoms with Gasteiger partial charge in [-0.2, -0.15) is 0 Å². The molecule has 12 heavy (non-hydrogen) atoms. The predicted molar refractivity (Wildman–Crippen MR) is 44.9 cm³/mol. The minimum atomic E-state index is -1.08. The van der Waals surface area contributed by atoms with E-state index in [1.54, 1.807) is 24.3 Å². The van der Waals surface area contributed by atoms with Crippen LogP contribution in [0.3, 0.4) is 0 Å². The molecule has 0 bridgehead atoms. The first-order chi connectivity index (χ1) is 5.60. The summed E-state index contributed by atoms with van der Waals surface area (Å²) in [4.78, 5) is 10.9. The summed E-state index contributed by atoms with van der Waals surface area (Å²) < 4.78 is 4.99. The zero-order valence-electron chi connectivity index (χ0n) is 6.86. The third-order valence-corrected chi connectivity index (χ3v) is 1.92. The highest BCUT2D eigenvalue weighted by Crippen LogP contribution is 2.22. The maximum absolute atomic E-state index is 10.9. The van der Waals surface area contributed by atoms with Crippen molar-refractivity contribution in [2.45, 2.75) is 5.72 Å². The van der Waals surface area contributed by atoms with Gasteiger partial charge in [-0.25, -0.2) is 0 Å². The van der Waals surface area contributed by atoms with Crippen LogP contribution in [0.1, 0.15) is 0 Å². The van der Waals surface area contributed by atoms with Crippen LogP contribution in [-0.4, -0.2) is 18.7 Å². The number of nitrogens with two attached hydrogens (primary N) is 2. The molecule has 0 saturated heterocycles. The summed E-state index contributed by atoms with van der Waals surface area (Å²) in [6.07, 6.45) is 6.69. The Labute approximate surface area is 70.9 Å². The number of allylic oxidation sites excluding steroid dienone is 2. The fourth-order valence-electron chi connectivity index (χ4n) is 1.15. The van der Waals surface area contributed by atoms with Crippen molar-refractivity contribution in [1.82, 2.24) is 0 Å². The van der Waals surface area contributed by atoms with Crippen LogP contribution < -0.4 is 11.5 Å². The Balaban J connectivity index is 2.92. The lowest BCUT2D eigenvalue weighted by molar-refractivity contribution is -0.127. The van der Waals surface area contributed by atoms with Crippen LogP contribution in [0.4, 0.5) is 0 Å². The number of rotatable bonds is 2. The zero-order chi connectivity index (χ0) is 9.19. The standard InChI is InChI=1S/C8H12N2O2/c1-12-8(10)5-3-2-4-6(8)7(9)11/h2-6H,10H2,1H3,(H2,9,11). The molecule has 4 heteroatoms. The Bertz CT molecular complexity index is 247. The van der Waals surface area contributed by atoms with E-state index in [0.717, 1.165) is 0 Å². The molecule has 0 aliphatic heterocycles. The first-order valence-corrected chi connectivity index (χ1v) is 3.59. The Morgan fingerprint density at radius 2 is 2.25 bits per heavy atom. The summed E-state index contributed by atoms with van der Waals surface area (Å²) >= 11 is 0. The van der Waals surface area contributed by atoms with E-state index in [-0.39, 0.29) is 0 Å². The minimum Gasteiger partial charge on any atom is -0.369 e. The smallest absolute Gasteiger partial charge is 0.229 e. The number of carbonyl (C=O) groups is 1. The topological polar surface area (TPSA) is 78.3 Å². The summed E-state index contributed by atoms with van der Waals surface area (Å²) in [5, 5.41) is 0. The molecule has 0 radical (unpaired) electrons. The lowest BCUT2D eigenvalue weighted by Gasteiger charge is -2.31. The molecule has 1 aliphatic rings. The maximum atomic E-state index is 10.9. The van der Waals surface area contributed by atoms with Crippen molar-refractivity contribution < 1.29 is 9.53 Å². The van der Waals surface area contributed by atoms with Crippen molar-refractivity contribution in [1.29, 1.82) is 0 Å². The number of amides is 1. The summed E-state index contributed by atoms with van der Waals surface area (Å²) in [6.45, 7) is 0. The molecule has 0 aromatic rings. The van der Waals surface area contributed by atoms with Gasteiger partial charge in [-0.05, 0) is 6.08 Å². The molecule has 0 spiro atoms. The van der Waals surface area contributed by atoms with Gasteiger partial charge in [0.15, 0.2) is 5.72 Å². The van der Waals surface area contributed by atoms with Crippen LogP contribution in [0.25, 0.3) is 0 Å². The number of ether oxygens (including phenoxy) is 1. The first kappa shape index (κ1) is 8.96. The lowest BCUT2D eigenvalue weighted by atomic mass is 9.91. The van der Waals surface area contributed by atoms with Crippen molar-refractivity contribution in [3.8, 4) is 0 Å². The molecule has 1 rings (SSSR count). The number of primary amides is 1. The normalized spacial score (nSPS) is 33.7. The maximum Gasteiger partial charge on any atom is 0.229 e. The number of carbonyl (C=O) groups excluding carboxylic acids is 1. The Kier molecular flexibility index (Phi) is 2.30. The first-order valence-electron chi connectivity index (χ1n) is 3.59. The van der Waals surface area contributed by atoms with Crippen LogP contribution in [0.5, 0.6) is 0 Å². The van der Waals surface area contributed by atoms with Crippen molar-refractivity contribution in [3.05, 3.63) is 24.3 Å². The Morgan fingerprint density at radius 3 is 2.67 bits per heavy atom. The fraction of sp³-hybridized carbons (Fsp3) is 0.375. The van der Waals surface area contributed by atoms with Gasteiger partial charge in [0.25, 0.3) is 0 Å². The number of hydrogen-bond donors (Lipinski definition) is 2. The average molecular weight is 168 g/mol. The highest BCUT2D eigenvalue weighted by molar-refractivity contribution is 5.80. The van der Waals surface area contributed by atoms with Crippen molar-refractivity contribution in [2.75, 3.05) is 7.11 Å². The molecule has 0 aromatic carbocycles. The van der Waals surface area contributed by atoms with Gasteiger partial charge in [-0.15, -0.1) is 0 Å². The molecule has 2 atom stereocenters. The molecule has 0 fully saturated rings. The molecule has 1 aliphatic carbocycles. The second-order valence-electron chi connectivity index (χ2n) is 2.68. The summed E-state index contributed by atoms with van der Waals surface area (Å²) in [5.41, 5.74) is 9.79. The third-order valence-electron chi connectivity index (χ3n) is 1.92. The molecule has 1 amide bonds. The molecular weight excluding hydrogens is 156 g/mol. The monoisotopic (exact) mass is 168 g/mol. The van der Waals surface area contributed by atoms with E-state index >= 15 is 0 Å². The quantitative estimate of drug-likeness (QED) is 0.546. The predicted octanol–water partition coefficient (Wildman–Crippen LogP) is -0.485. The van der Waals surface area contributed by atoms with Gasteiger partial charge in [0.2, 0.25) is 5.91 Å². The van der Waals surface area contributed by atoms with E-state index < -0.39 is 17.6 Å². The highest BCUT2D eigenvalue weighted by atomic mass is 16.5. The molecule has 0 heterocycles. The Morgan fingerprint density at radius 1 is 1.58 bits per heavy atom. The summed E-state index contributed by atoms with van der Waals surface area (Å²) in [6, 6.07) is 0. The van der Waals surface area contributed by atoms with E-state index in [9.17, 15) is 4.79 Å². The van der Waals surface area contributed by atoms with Crippen LogP contribution in [0, 0.1) is 5.92 Å². The molecule has 2 unspecified atom stereocenters. The van der Waals surface area contributed by atoms with Crippen molar-refractivity contribution in [2.24, 2.45) is 17.4 Å². The van der Waals surface area contributed by atoms with Crippen LogP contribution in [0.2, 0.25) is 0 Å². The van der Waals surface area contributed by atoms with E-state index in [2.05, 4.69) is 0 Å². The van der Waals surface area contributed by atoms with Crippen LogP contribution in [-0.2, 0) is 9.53 Å². The second kappa shape index (κ2) is 3.08. The summed E-state index contributed by atoms with van der Waals surface area (Å²) in [5.74, 6) is -1.08. The SMILES string of the molecule is COC1(N)C=CC=CC1C(N)=O. The van der Waals surface area contributed by atoms with Crippen LogP contribution in [0.15, 0.2) is 24.3 Å². The van der Waals surface area contributed by atoms with Crippen molar-refractivity contribution in [3.63, 3.8) is 0 Å². The van der Waals surface area contributed by atoms with E-state index in [1.165, 1.54) is 7.11 Å². The van der Waals surface area contributed by atoms with E-state index in [1.807, 2.05) is 0 Å². The van der Waals surface area contributed by atoms with Gasteiger partial charge >= 0.3 is 0 Å². The molecule has 4 N–H and O–H groups in total. The van der Waals surface area contributed by atoms with Crippen LogP contribution >= 0.6 is 0 Å². The molecular formula is C8H12N2O2. The van der Waals surface area contributed by atoms with Gasteiger partial charge in [0.05, 0.1) is 0 Å². The van der Waals surface area contributed by atoms with E-state index in [0.29, 0.717) is 0 Å². The number of methoxy groups -OCH3 is 1. The summed E-state index contributed by atoms with van der Waals surface area (Å²) in [7, 11) is 1.44. The molecule has 4 nitrogen and oxygen atoms in total. The van der Waals surface area contributed by atoms with E-state index in [4.69, 9.17) is 16.2 Å². The van der Waals surface area contributed by atoms with Gasteiger partial charge < -0.3 is 10.5 Å². The second-order valence-corrected chi connectivity index (χ2v) is 2.68. The zero-order valence-corrected chi connectivity index (χ0v) is 6.86. The van der Waals surface area contributed by atoms with Gasteiger partial charge in [0, 0.05) is 7.11 Å². The van der Waals surface area contributed by atoms with Gasteiger partial charge in [-0.3, -0.25) is 10.5 Å². The molecule has 0 aromatic heterocycles. The van der Waals surface area contributed by atoms with Crippen molar-refractivity contribution >= 4 is 5.91 Å². The molecule has 0 saturated carbocycles. The average Bonchev–Trinajstić information content (AvgIpc) is 2.05. The third kappa shape index (κ3) is 1.39. The largest absolute Gasteiger partial charge is 0.369 e. The minimum absolute atomic E-state index is 0.486. The Hall–Kier alpha value is -1.13. The fourth-order valence-corrected chi connectivity index (χ4v) is 1.15. The highest BCUT2D eigenvalue weighted by Gasteiger charge is 2.36. The lowest BCUT2D eigenvalue weighted by Crippen LogP contribution is -2.52. The number of hydrogen-bond acceptors (Lipinski definition) is 3.